The first-order valence-electron chi connectivity index (χ1n) is 11.3. The van der Waals surface area contributed by atoms with E-state index in [9.17, 15) is 19.5 Å². The Balaban J connectivity index is 1.23. The molecular weight excluding hydrogens is 462 g/mol. The number of nitrogens with one attached hydrogen (secondary N) is 1. The number of ketones is 1. The number of hydrogen-bond donors (Lipinski definition) is 3. The molecule has 0 saturated carbocycles. The summed E-state index contributed by atoms with van der Waals surface area (Å²) in [6.45, 7) is 0.798. The number of nitrogens with two attached hydrogens (primary N) is 1. The van der Waals surface area contributed by atoms with Crippen LogP contribution in [-0.4, -0.2) is 58.0 Å². The number of aromatic hydroxyl groups is 1. The third-order valence-corrected chi connectivity index (χ3v) is 5.70. The first-order valence-corrected chi connectivity index (χ1v) is 11.3. The summed E-state index contributed by atoms with van der Waals surface area (Å²) in [6, 6.07) is 15.8. The van der Waals surface area contributed by atoms with Gasteiger partial charge in [-0.15, -0.1) is 0 Å². The molecule has 1 saturated heterocycles. The molecule has 0 aliphatic carbocycles. The molecular formula is C26H25N5O5. The molecule has 3 aromatic rings. The molecule has 0 bridgehead atoms. The average Bonchev–Trinajstić information content (AvgIpc) is 2.91. The number of nitrogen functional groups attached to an aromatic ring is 1. The van der Waals surface area contributed by atoms with Gasteiger partial charge >= 0.3 is 0 Å². The number of rotatable bonds is 7. The smallest absolute Gasteiger partial charge is 0.275 e. The molecule has 2 amide bonds. The second kappa shape index (κ2) is 11.1. The van der Waals surface area contributed by atoms with E-state index in [1.54, 1.807) is 53.4 Å². The van der Waals surface area contributed by atoms with Crippen molar-refractivity contribution >= 4 is 29.1 Å². The fraction of sp³-hybridized carbons (Fsp3) is 0.192. The van der Waals surface area contributed by atoms with Crippen LogP contribution in [0.5, 0.6) is 11.5 Å². The van der Waals surface area contributed by atoms with Crippen molar-refractivity contribution in [2.24, 2.45) is 5.10 Å². The lowest BCUT2D eigenvalue weighted by Crippen LogP contribution is -2.41. The van der Waals surface area contributed by atoms with Crippen LogP contribution in [0.2, 0.25) is 0 Å². The van der Waals surface area contributed by atoms with E-state index in [1.807, 2.05) is 0 Å². The summed E-state index contributed by atoms with van der Waals surface area (Å²) < 4.78 is 5.60. The minimum atomic E-state index is -0.434. The van der Waals surface area contributed by atoms with Crippen LogP contribution in [0.15, 0.2) is 72.0 Å². The van der Waals surface area contributed by atoms with Crippen molar-refractivity contribution in [2.75, 3.05) is 25.4 Å². The summed E-state index contributed by atoms with van der Waals surface area (Å²) in [5.74, 6) is -0.0726. The van der Waals surface area contributed by atoms with E-state index in [-0.39, 0.29) is 35.4 Å². The Morgan fingerprint density at radius 1 is 1.00 bits per heavy atom. The monoisotopic (exact) mass is 487 g/mol. The Hall–Kier alpha value is -4.73. The molecule has 184 valence electrons. The molecule has 4 N–H and O–H groups in total. The molecule has 2 heterocycles. The molecule has 0 radical (unpaired) electrons. The van der Waals surface area contributed by atoms with Crippen molar-refractivity contribution in [1.29, 1.82) is 0 Å². The lowest BCUT2D eigenvalue weighted by Gasteiger charge is -2.27. The lowest BCUT2D eigenvalue weighted by molar-refractivity contribution is -0.133. The molecule has 1 aromatic heterocycles. The zero-order valence-corrected chi connectivity index (χ0v) is 19.4. The van der Waals surface area contributed by atoms with Crippen molar-refractivity contribution in [3.63, 3.8) is 0 Å². The number of ether oxygens (including phenoxy) is 1. The van der Waals surface area contributed by atoms with E-state index < -0.39 is 5.91 Å². The molecule has 1 fully saturated rings. The third kappa shape index (κ3) is 6.03. The number of phenolic OH excluding ortho intramolecular Hbond substituents is 1. The summed E-state index contributed by atoms with van der Waals surface area (Å²) in [6.07, 6.45) is 2.56. The molecule has 2 aromatic carbocycles. The van der Waals surface area contributed by atoms with Crippen molar-refractivity contribution in [1.82, 2.24) is 15.3 Å². The van der Waals surface area contributed by atoms with Gasteiger partial charge in [-0.1, -0.05) is 0 Å². The van der Waals surface area contributed by atoms with Crippen LogP contribution in [0.4, 0.5) is 5.82 Å². The third-order valence-electron chi connectivity index (χ3n) is 5.70. The lowest BCUT2D eigenvalue weighted by atomic mass is 10.0. The second-order valence-corrected chi connectivity index (χ2v) is 8.12. The predicted molar refractivity (Wildman–Crippen MR) is 133 cm³/mol. The van der Waals surface area contributed by atoms with Crippen molar-refractivity contribution in [3.8, 4) is 11.5 Å². The van der Waals surface area contributed by atoms with E-state index in [2.05, 4.69) is 15.5 Å². The normalized spacial score (nSPS) is 13.1. The van der Waals surface area contributed by atoms with Gasteiger partial charge in [0, 0.05) is 49.0 Å². The molecule has 4 rings (SSSR count). The highest BCUT2D eigenvalue weighted by atomic mass is 16.5. The zero-order valence-electron chi connectivity index (χ0n) is 19.4. The number of anilines is 1. The van der Waals surface area contributed by atoms with Crippen molar-refractivity contribution in [3.05, 3.63) is 83.6 Å². The fourth-order valence-corrected chi connectivity index (χ4v) is 3.64. The van der Waals surface area contributed by atoms with Crippen molar-refractivity contribution in [2.45, 2.75) is 12.8 Å². The molecule has 10 heteroatoms. The van der Waals surface area contributed by atoms with Crippen LogP contribution in [0, 0.1) is 0 Å². The summed E-state index contributed by atoms with van der Waals surface area (Å²) in [4.78, 5) is 42.8. The van der Waals surface area contributed by atoms with Crippen LogP contribution >= 0.6 is 0 Å². The quantitative estimate of drug-likeness (QED) is 0.342. The number of hydrogen-bond acceptors (Lipinski definition) is 8. The number of likely N-dealkylation sites (tertiary alicyclic amines) is 1. The Morgan fingerprint density at radius 2 is 1.64 bits per heavy atom. The maximum atomic E-state index is 12.6. The minimum Gasteiger partial charge on any atom is -0.508 e. The first-order chi connectivity index (χ1) is 17.4. The van der Waals surface area contributed by atoms with Gasteiger partial charge in [0.1, 0.15) is 17.3 Å². The number of amides is 2. The van der Waals surface area contributed by atoms with Gasteiger partial charge in [-0.3, -0.25) is 14.4 Å². The number of nitrogens with zero attached hydrogens (tertiary/aromatic N) is 3. The van der Waals surface area contributed by atoms with Gasteiger partial charge in [0.25, 0.3) is 11.8 Å². The number of pyridine rings is 1. The van der Waals surface area contributed by atoms with Gasteiger partial charge < -0.3 is 20.5 Å². The zero-order chi connectivity index (χ0) is 25.5. The predicted octanol–water partition coefficient (Wildman–Crippen LogP) is 2.39. The summed E-state index contributed by atoms with van der Waals surface area (Å²) in [7, 11) is 0. The highest BCUT2D eigenvalue weighted by Crippen LogP contribution is 2.18. The Labute approximate surface area is 207 Å². The molecule has 0 atom stereocenters. The largest absolute Gasteiger partial charge is 0.508 e. The van der Waals surface area contributed by atoms with E-state index >= 15 is 0 Å². The van der Waals surface area contributed by atoms with Crippen LogP contribution < -0.4 is 15.9 Å². The average molecular weight is 488 g/mol. The Bertz CT molecular complexity index is 1280. The summed E-state index contributed by atoms with van der Waals surface area (Å²) in [5.41, 5.74) is 10.2. The van der Waals surface area contributed by atoms with Gasteiger partial charge in [0.05, 0.1) is 5.56 Å². The Kier molecular flexibility index (Phi) is 7.54. The fourth-order valence-electron chi connectivity index (χ4n) is 3.64. The number of aromatic nitrogens is 1. The van der Waals surface area contributed by atoms with Gasteiger partial charge in [-0.2, -0.15) is 5.10 Å². The van der Waals surface area contributed by atoms with Crippen molar-refractivity contribution < 1.29 is 24.2 Å². The molecule has 0 unspecified atom stereocenters. The number of benzene rings is 2. The number of hydrazone groups is 1. The first kappa shape index (κ1) is 24.4. The maximum absolute atomic E-state index is 12.6. The van der Waals surface area contributed by atoms with E-state index in [0.29, 0.717) is 42.8 Å². The topological polar surface area (TPSA) is 147 Å². The molecule has 36 heavy (non-hydrogen) atoms. The highest BCUT2D eigenvalue weighted by Gasteiger charge is 2.21. The standard InChI is InChI=1S/C26H25N5O5/c27-25-22(2-1-13-28-25)26(35)30-29-19-11-14-31(15-12-19)23(33)16-36-21-9-5-18(6-10-21)24(34)17-3-7-20(32)8-4-17/h1-10,13,32H,11-12,14-16H2,(H2,27,28)(H,30,35). The summed E-state index contributed by atoms with van der Waals surface area (Å²) in [5, 5.41) is 13.5. The molecule has 10 nitrogen and oxygen atoms in total. The van der Waals surface area contributed by atoms with Crippen LogP contribution in [-0.2, 0) is 4.79 Å². The number of phenols is 1. The molecule has 1 aliphatic heterocycles. The second-order valence-electron chi connectivity index (χ2n) is 8.12. The highest BCUT2D eigenvalue weighted by molar-refractivity contribution is 6.09. The van der Waals surface area contributed by atoms with E-state index in [0.717, 1.165) is 5.71 Å². The number of carbonyl (C=O) groups excluding carboxylic acids is 3. The van der Waals surface area contributed by atoms with Gasteiger partial charge in [-0.05, 0) is 60.7 Å². The van der Waals surface area contributed by atoms with Gasteiger partial charge in [0.2, 0.25) is 0 Å². The maximum Gasteiger partial charge on any atom is 0.275 e. The number of piperidine rings is 1. The van der Waals surface area contributed by atoms with Gasteiger partial charge in [0.15, 0.2) is 12.4 Å². The molecule has 0 spiro atoms. The minimum absolute atomic E-state index is 0.0929. The number of carbonyl (C=O) groups is 3. The van der Waals surface area contributed by atoms with Gasteiger partial charge in [-0.25, -0.2) is 10.4 Å². The van der Waals surface area contributed by atoms with Crippen LogP contribution in [0.25, 0.3) is 0 Å². The van der Waals surface area contributed by atoms with Crippen LogP contribution in [0.1, 0.15) is 39.1 Å². The van der Waals surface area contributed by atoms with E-state index in [4.69, 9.17) is 10.5 Å². The van der Waals surface area contributed by atoms with Crippen LogP contribution in [0.3, 0.4) is 0 Å². The molecule has 1 aliphatic rings. The van der Waals surface area contributed by atoms with E-state index in [1.165, 1.54) is 18.3 Å². The Morgan fingerprint density at radius 3 is 2.28 bits per heavy atom. The summed E-state index contributed by atoms with van der Waals surface area (Å²) >= 11 is 0. The SMILES string of the molecule is Nc1ncccc1C(=O)NN=C1CCN(C(=O)COc2ccc(C(=O)c3ccc(O)cc3)cc2)CC1.